The first kappa shape index (κ1) is 20.6. The predicted molar refractivity (Wildman–Crippen MR) is 106 cm³/mol. The highest BCUT2D eigenvalue weighted by Crippen LogP contribution is 2.41. The molecule has 0 aromatic heterocycles. The molecule has 0 saturated carbocycles. The van der Waals surface area contributed by atoms with Crippen molar-refractivity contribution in [3.63, 3.8) is 0 Å². The highest BCUT2D eigenvalue weighted by atomic mass is 32.2. The van der Waals surface area contributed by atoms with Crippen LogP contribution in [0.2, 0.25) is 0 Å². The molecule has 0 unspecified atom stereocenters. The molecule has 0 bridgehead atoms. The van der Waals surface area contributed by atoms with Crippen LogP contribution in [0.15, 0.2) is 41.3 Å². The summed E-state index contributed by atoms with van der Waals surface area (Å²) >= 11 is 0. The summed E-state index contributed by atoms with van der Waals surface area (Å²) in [5, 5.41) is 2.75. The average Bonchev–Trinajstić information content (AvgIpc) is 2.73. The number of ether oxygens (including phenoxy) is 3. The van der Waals surface area contributed by atoms with Gasteiger partial charge in [-0.3, -0.25) is 4.90 Å². The van der Waals surface area contributed by atoms with Gasteiger partial charge in [0.05, 0.1) is 21.3 Å². The largest absolute Gasteiger partial charge is 0.493 e. The lowest BCUT2D eigenvalue weighted by Crippen LogP contribution is -2.46. The number of hydrogen-bond donors (Lipinski definition) is 1. The summed E-state index contributed by atoms with van der Waals surface area (Å²) in [6, 6.07) is 8.50. The maximum atomic E-state index is 12.7. The van der Waals surface area contributed by atoms with Gasteiger partial charge in [-0.25, -0.2) is 4.79 Å². The molecule has 0 spiro atoms. The van der Waals surface area contributed by atoms with Gasteiger partial charge in [-0.1, -0.05) is 0 Å². The molecule has 1 N–H and O–H groups in total. The van der Waals surface area contributed by atoms with Crippen LogP contribution >= 0.6 is 0 Å². The molecular formula is C19H22N2O7S. The minimum absolute atomic E-state index is 0.0129. The molecule has 1 aliphatic rings. The zero-order chi connectivity index (χ0) is 21.0. The Hall–Kier alpha value is -3.14. The number of anilines is 1. The van der Waals surface area contributed by atoms with Crippen LogP contribution in [0.5, 0.6) is 23.0 Å². The van der Waals surface area contributed by atoms with Crippen molar-refractivity contribution in [1.82, 2.24) is 5.32 Å². The van der Waals surface area contributed by atoms with Crippen molar-refractivity contribution in [2.24, 2.45) is 0 Å². The summed E-state index contributed by atoms with van der Waals surface area (Å²) in [5.74, 6) is 0.870. The van der Waals surface area contributed by atoms with Gasteiger partial charge in [0.2, 0.25) is 5.75 Å². The number of benzene rings is 2. The quantitative estimate of drug-likeness (QED) is 0.684. The van der Waals surface area contributed by atoms with Crippen molar-refractivity contribution < 1.29 is 31.6 Å². The monoisotopic (exact) mass is 422 g/mol. The zero-order valence-corrected chi connectivity index (χ0v) is 17.1. The van der Waals surface area contributed by atoms with Crippen LogP contribution in [0.25, 0.3) is 0 Å². The van der Waals surface area contributed by atoms with E-state index in [1.165, 1.54) is 45.6 Å². The first-order chi connectivity index (χ1) is 13.9. The number of urea groups is 1. The van der Waals surface area contributed by atoms with E-state index in [4.69, 9.17) is 18.4 Å². The fourth-order valence-corrected chi connectivity index (χ4v) is 3.86. The molecular weight excluding hydrogens is 400 g/mol. The van der Waals surface area contributed by atoms with Crippen molar-refractivity contribution in [2.45, 2.75) is 11.3 Å². The Morgan fingerprint density at radius 2 is 1.59 bits per heavy atom. The van der Waals surface area contributed by atoms with Gasteiger partial charge in [0.15, 0.2) is 17.2 Å². The second kappa shape index (κ2) is 8.48. The molecule has 1 heterocycles. The van der Waals surface area contributed by atoms with E-state index in [0.717, 1.165) is 6.42 Å². The smallest absolute Gasteiger partial charge is 0.339 e. The SMILES string of the molecule is COc1cc(OS(=O)(=O)c2ccc(N3CCCNC3=O)cc2)cc(OC)c1OC. The summed E-state index contributed by atoms with van der Waals surface area (Å²) in [7, 11) is 0.175. The molecule has 2 amide bonds. The van der Waals surface area contributed by atoms with Crippen LogP contribution in [-0.4, -0.2) is 48.9 Å². The first-order valence-electron chi connectivity index (χ1n) is 8.79. The highest BCUT2D eigenvalue weighted by molar-refractivity contribution is 7.87. The molecule has 29 heavy (non-hydrogen) atoms. The number of nitrogens with zero attached hydrogens (tertiary/aromatic N) is 1. The Balaban J connectivity index is 1.85. The lowest BCUT2D eigenvalue weighted by Gasteiger charge is -2.27. The second-order valence-corrected chi connectivity index (χ2v) is 7.68. The van der Waals surface area contributed by atoms with E-state index < -0.39 is 10.1 Å². The standard InChI is InChI=1S/C19H22N2O7S/c1-25-16-11-14(12-17(26-2)18(16)27-3)28-29(23,24)15-7-5-13(6-8-15)21-10-4-9-20-19(21)22/h5-8,11-12H,4,9-10H2,1-3H3,(H,20,22). The van der Waals surface area contributed by atoms with E-state index in [9.17, 15) is 13.2 Å². The molecule has 3 rings (SSSR count). The van der Waals surface area contributed by atoms with Gasteiger partial charge in [-0.05, 0) is 30.7 Å². The molecule has 1 fully saturated rings. The fraction of sp³-hybridized carbons (Fsp3) is 0.316. The van der Waals surface area contributed by atoms with E-state index in [2.05, 4.69) is 5.32 Å². The third-order valence-electron chi connectivity index (χ3n) is 4.36. The lowest BCUT2D eigenvalue weighted by atomic mass is 10.2. The van der Waals surface area contributed by atoms with Gasteiger partial charge in [0.25, 0.3) is 0 Å². The number of amides is 2. The van der Waals surface area contributed by atoms with Crippen molar-refractivity contribution in [1.29, 1.82) is 0 Å². The Bertz CT molecular complexity index is 965. The summed E-state index contributed by atoms with van der Waals surface area (Å²) in [6.07, 6.45) is 0.816. The van der Waals surface area contributed by atoms with Crippen LogP contribution in [0.1, 0.15) is 6.42 Å². The topological polar surface area (TPSA) is 103 Å². The molecule has 9 nitrogen and oxygen atoms in total. The number of carbonyl (C=O) groups excluding carboxylic acids is 1. The summed E-state index contributed by atoms with van der Waals surface area (Å²) in [6.45, 7) is 1.20. The Morgan fingerprint density at radius 1 is 0.966 bits per heavy atom. The number of hydrogen-bond acceptors (Lipinski definition) is 7. The van der Waals surface area contributed by atoms with E-state index >= 15 is 0 Å². The molecule has 10 heteroatoms. The van der Waals surface area contributed by atoms with E-state index in [0.29, 0.717) is 24.5 Å². The highest BCUT2D eigenvalue weighted by Gasteiger charge is 2.23. The molecule has 1 saturated heterocycles. The van der Waals surface area contributed by atoms with Crippen molar-refractivity contribution >= 4 is 21.8 Å². The van der Waals surface area contributed by atoms with Gasteiger partial charge in [0.1, 0.15) is 4.90 Å². The summed E-state index contributed by atoms with van der Waals surface area (Å²) in [5.41, 5.74) is 0.605. The second-order valence-electron chi connectivity index (χ2n) is 6.13. The van der Waals surface area contributed by atoms with Crippen LogP contribution < -0.4 is 28.6 Å². The maximum Gasteiger partial charge on any atom is 0.339 e. The zero-order valence-electron chi connectivity index (χ0n) is 16.3. The van der Waals surface area contributed by atoms with Gasteiger partial charge in [0, 0.05) is 30.9 Å². The van der Waals surface area contributed by atoms with Gasteiger partial charge in [-0.2, -0.15) is 8.42 Å². The van der Waals surface area contributed by atoms with Gasteiger partial charge in [-0.15, -0.1) is 0 Å². The molecule has 0 aliphatic carbocycles. The van der Waals surface area contributed by atoms with Crippen molar-refractivity contribution in [2.75, 3.05) is 39.3 Å². The van der Waals surface area contributed by atoms with Crippen molar-refractivity contribution in [3.05, 3.63) is 36.4 Å². The molecule has 0 radical (unpaired) electrons. The Morgan fingerprint density at radius 3 is 2.10 bits per heavy atom. The molecule has 2 aromatic carbocycles. The molecule has 0 atom stereocenters. The van der Waals surface area contributed by atoms with Crippen LogP contribution in [0.4, 0.5) is 10.5 Å². The third-order valence-corrected chi connectivity index (χ3v) is 5.62. The van der Waals surface area contributed by atoms with Crippen LogP contribution in [0, 0.1) is 0 Å². The predicted octanol–water partition coefficient (Wildman–Crippen LogP) is 2.40. The van der Waals surface area contributed by atoms with Crippen LogP contribution in [-0.2, 0) is 10.1 Å². The number of nitrogens with one attached hydrogen (secondary N) is 1. The van der Waals surface area contributed by atoms with Crippen molar-refractivity contribution in [3.8, 4) is 23.0 Å². The fourth-order valence-electron chi connectivity index (χ4n) is 2.95. The maximum absolute atomic E-state index is 12.7. The minimum Gasteiger partial charge on any atom is -0.493 e. The first-order valence-corrected chi connectivity index (χ1v) is 10.2. The number of methoxy groups -OCH3 is 3. The third kappa shape index (κ3) is 4.32. The summed E-state index contributed by atoms with van der Waals surface area (Å²) in [4.78, 5) is 13.4. The minimum atomic E-state index is -4.11. The van der Waals surface area contributed by atoms with E-state index in [-0.39, 0.29) is 28.2 Å². The normalized spacial score (nSPS) is 14.2. The number of carbonyl (C=O) groups is 1. The Labute approximate surface area is 169 Å². The van der Waals surface area contributed by atoms with E-state index in [1.54, 1.807) is 17.0 Å². The van der Waals surface area contributed by atoms with Gasteiger partial charge < -0.3 is 23.7 Å². The Kier molecular flexibility index (Phi) is 6.02. The average molecular weight is 422 g/mol. The van der Waals surface area contributed by atoms with Crippen LogP contribution in [0.3, 0.4) is 0 Å². The number of rotatable bonds is 7. The van der Waals surface area contributed by atoms with E-state index in [1.807, 2.05) is 0 Å². The lowest BCUT2D eigenvalue weighted by molar-refractivity contribution is 0.243. The molecule has 1 aliphatic heterocycles. The molecule has 156 valence electrons. The summed E-state index contributed by atoms with van der Waals surface area (Å²) < 4.78 is 46.2. The molecule has 2 aromatic rings. The van der Waals surface area contributed by atoms with Gasteiger partial charge >= 0.3 is 16.1 Å².